The molecule has 1 saturated carbocycles. The number of rotatable bonds is 4. The van der Waals surface area contributed by atoms with Crippen molar-refractivity contribution in [2.45, 2.75) is 24.9 Å². The number of carbonyl (C=O) groups excluding carboxylic acids is 1. The third-order valence-corrected chi connectivity index (χ3v) is 3.72. The van der Waals surface area contributed by atoms with Crippen LogP contribution in [0.25, 0.3) is 5.69 Å². The summed E-state index contributed by atoms with van der Waals surface area (Å²) >= 11 is 0. The Kier molecular flexibility index (Phi) is 3.62. The van der Waals surface area contributed by atoms with E-state index in [-0.39, 0.29) is 12.6 Å². The van der Waals surface area contributed by atoms with Crippen molar-refractivity contribution < 1.29 is 9.90 Å². The summed E-state index contributed by atoms with van der Waals surface area (Å²) in [6.07, 6.45) is 5.85. The lowest BCUT2D eigenvalue weighted by molar-refractivity contribution is -0.0287. The van der Waals surface area contributed by atoms with Crippen molar-refractivity contribution in [2.24, 2.45) is 0 Å². The van der Waals surface area contributed by atoms with Crippen LogP contribution in [0.15, 0.2) is 42.7 Å². The van der Waals surface area contributed by atoms with E-state index in [0.717, 1.165) is 24.9 Å². The van der Waals surface area contributed by atoms with Gasteiger partial charge in [0, 0.05) is 6.54 Å². The number of urea groups is 1. The van der Waals surface area contributed by atoms with Crippen LogP contribution in [-0.4, -0.2) is 33.1 Å². The normalized spacial score (nSPS) is 16.0. The van der Waals surface area contributed by atoms with E-state index in [2.05, 4.69) is 15.7 Å². The first kappa shape index (κ1) is 13.6. The van der Waals surface area contributed by atoms with E-state index < -0.39 is 5.60 Å². The second kappa shape index (κ2) is 5.57. The van der Waals surface area contributed by atoms with Crippen LogP contribution in [0.2, 0.25) is 0 Å². The molecule has 1 fully saturated rings. The summed E-state index contributed by atoms with van der Waals surface area (Å²) in [5.74, 6) is 0. The van der Waals surface area contributed by atoms with Crippen molar-refractivity contribution in [3.8, 4) is 5.69 Å². The molecule has 0 unspecified atom stereocenters. The van der Waals surface area contributed by atoms with Gasteiger partial charge < -0.3 is 15.7 Å². The molecule has 6 heteroatoms. The molecule has 0 saturated heterocycles. The number of nitrogens with one attached hydrogen (secondary N) is 2. The van der Waals surface area contributed by atoms with Crippen LogP contribution in [-0.2, 0) is 0 Å². The average Bonchev–Trinajstić information content (AvgIpc) is 2.92. The summed E-state index contributed by atoms with van der Waals surface area (Å²) in [6, 6.07) is 9.33. The molecule has 0 atom stereocenters. The first-order valence-corrected chi connectivity index (χ1v) is 7.02. The maximum atomic E-state index is 11.8. The molecule has 3 rings (SSSR count). The molecule has 0 spiro atoms. The molecule has 0 radical (unpaired) electrons. The topological polar surface area (TPSA) is 79.2 Å². The summed E-state index contributed by atoms with van der Waals surface area (Å²) in [5, 5.41) is 19.5. The number of hydrogen-bond acceptors (Lipinski definition) is 3. The Morgan fingerprint density at radius 3 is 2.76 bits per heavy atom. The van der Waals surface area contributed by atoms with Crippen LogP contribution in [0.1, 0.15) is 19.3 Å². The molecule has 2 aromatic rings. The Morgan fingerprint density at radius 1 is 1.33 bits per heavy atom. The molecule has 21 heavy (non-hydrogen) atoms. The Hall–Kier alpha value is -2.34. The number of anilines is 1. The SMILES string of the molecule is O=C(NCC1(O)CCC1)Nc1cnn(-c2ccccc2)c1. The number of aliphatic hydroxyl groups is 1. The van der Waals surface area contributed by atoms with Crippen LogP contribution in [0.3, 0.4) is 0 Å². The maximum Gasteiger partial charge on any atom is 0.319 e. The number of hydrogen-bond donors (Lipinski definition) is 3. The van der Waals surface area contributed by atoms with Crippen molar-refractivity contribution in [2.75, 3.05) is 11.9 Å². The minimum Gasteiger partial charge on any atom is -0.388 e. The quantitative estimate of drug-likeness (QED) is 0.803. The molecule has 110 valence electrons. The van der Waals surface area contributed by atoms with Crippen molar-refractivity contribution in [1.82, 2.24) is 15.1 Å². The maximum absolute atomic E-state index is 11.8. The highest BCUT2D eigenvalue weighted by molar-refractivity contribution is 5.89. The van der Waals surface area contributed by atoms with Crippen LogP contribution >= 0.6 is 0 Å². The predicted octanol–water partition coefficient (Wildman–Crippen LogP) is 1.91. The number of nitrogens with zero attached hydrogens (tertiary/aromatic N) is 2. The Labute approximate surface area is 122 Å². The lowest BCUT2D eigenvalue weighted by atomic mass is 9.80. The van der Waals surface area contributed by atoms with Crippen LogP contribution in [0.5, 0.6) is 0 Å². The molecule has 2 amide bonds. The molecule has 1 aromatic carbocycles. The van der Waals surface area contributed by atoms with E-state index in [0.29, 0.717) is 5.69 Å². The first-order chi connectivity index (χ1) is 10.1. The van der Waals surface area contributed by atoms with Gasteiger partial charge in [0.15, 0.2) is 0 Å². The van der Waals surface area contributed by atoms with E-state index in [1.807, 2.05) is 30.3 Å². The predicted molar refractivity (Wildman–Crippen MR) is 79.4 cm³/mol. The van der Waals surface area contributed by atoms with Gasteiger partial charge in [-0.2, -0.15) is 5.10 Å². The van der Waals surface area contributed by atoms with E-state index in [9.17, 15) is 9.90 Å². The van der Waals surface area contributed by atoms with Crippen LogP contribution in [0.4, 0.5) is 10.5 Å². The van der Waals surface area contributed by atoms with Crippen molar-refractivity contribution in [3.63, 3.8) is 0 Å². The molecular weight excluding hydrogens is 268 g/mol. The van der Waals surface area contributed by atoms with Gasteiger partial charge in [-0.1, -0.05) is 18.2 Å². The number of carbonyl (C=O) groups is 1. The van der Waals surface area contributed by atoms with Gasteiger partial charge in [-0.3, -0.25) is 0 Å². The van der Waals surface area contributed by atoms with E-state index in [1.54, 1.807) is 17.1 Å². The Bertz CT molecular complexity index is 620. The second-order valence-electron chi connectivity index (χ2n) is 5.39. The Morgan fingerprint density at radius 2 is 2.10 bits per heavy atom. The number of aromatic nitrogens is 2. The lowest BCUT2D eigenvalue weighted by Crippen LogP contribution is -2.48. The highest BCUT2D eigenvalue weighted by Crippen LogP contribution is 2.30. The largest absolute Gasteiger partial charge is 0.388 e. The highest BCUT2D eigenvalue weighted by Gasteiger charge is 2.34. The van der Waals surface area contributed by atoms with Crippen molar-refractivity contribution >= 4 is 11.7 Å². The number of amides is 2. The first-order valence-electron chi connectivity index (χ1n) is 7.02. The zero-order valence-corrected chi connectivity index (χ0v) is 11.6. The van der Waals surface area contributed by atoms with Gasteiger partial charge in [-0.15, -0.1) is 0 Å². The van der Waals surface area contributed by atoms with Gasteiger partial charge in [0.05, 0.1) is 29.4 Å². The zero-order valence-electron chi connectivity index (χ0n) is 11.6. The summed E-state index contributed by atoms with van der Waals surface area (Å²) in [5.41, 5.74) is 0.817. The van der Waals surface area contributed by atoms with Gasteiger partial charge in [0.2, 0.25) is 0 Å². The fourth-order valence-electron chi connectivity index (χ4n) is 2.29. The highest BCUT2D eigenvalue weighted by atomic mass is 16.3. The molecule has 0 aliphatic heterocycles. The fourth-order valence-corrected chi connectivity index (χ4v) is 2.29. The van der Waals surface area contributed by atoms with E-state index >= 15 is 0 Å². The molecular formula is C15H18N4O2. The molecule has 3 N–H and O–H groups in total. The second-order valence-corrected chi connectivity index (χ2v) is 5.39. The summed E-state index contributed by atoms with van der Waals surface area (Å²) in [4.78, 5) is 11.8. The van der Waals surface area contributed by atoms with Crippen molar-refractivity contribution in [3.05, 3.63) is 42.7 Å². The summed E-state index contributed by atoms with van der Waals surface area (Å²) < 4.78 is 1.69. The lowest BCUT2D eigenvalue weighted by Gasteiger charge is -2.36. The Balaban J connectivity index is 1.56. The van der Waals surface area contributed by atoms with E-state index in [1.165, 1.54) is 0 Å². The molecule has 0 bridgehead atoms. The minimum absolute atomic E-state index is 0.283. The zero-order chi connectivity index (χ0) is 14.7. The monoisotopic (exact) mass is 286 g/mol. The van der Waals surface area contributed by atoms with Crippen LogP contribution in [0, 0.1) is 0 Å². The summed E-state index contributed by atoms with van der Waals surface area (Å²) in [7, 11) is 0. The van der Waals surface area contributed by atoms with E-state index in [4.69, 9.17) is 0 Å². The molecule has 6 nitrogen and oxygen atoms in total. The van der Waals surface area contributed by atoms with Crippen LogP contribution < -0.4 is 10.6 Å². The molecule has 1 heterocycles. The minimum atomic E-state index is -0.717. The van der Waals surface area contributed by atoms with Gasteiger partial charge >= 0.3 is 6.03 Å². The fraction of sp³-hybridized carbons (Fsp3) is 0.333. The van der Waals surface area contributed by atoms with Crippen molar-refractivity contribution in [1.29, 1.82) is 0 Å². The number of benzene rings is 1. The number of para-hydroxylation sites is 1. The standard InChI is InChI=1S/C15H18N4O2/c20-14(16-11-15(21)7-4-8-15)18-12-9-17-19(10-12)13-5-2-1-3-6-13/h1-3,5-6,9-10,21H,4,7-8,11H2,(H2,16,18,20). The third-order valence-electron chi connectivity index (χ3n) is 3.72. The molecule has 1 aliphatic carbocycles. The van der Waals surface area contributed by atoms with Gasteiger partial charge in [-0.05, 0) is 31.4 Å². The average molecular weight is 286 g/mol. The summed E-state index contributed by atoms with van der Waals surface area (Å²) in [6.45, 7) is 0.283. The van der Waals surface area contributed by atoms with Gasteiger partial charge in [0.1, 0.15) is 0 Å². The van der Waals surface area contributed by atoms with Gasteiger partial charge in [0.25, 0.3) is 0 Å². The van der Waals surface area contributed by atoms with Gasteiger partial charge in [-0.25, -0.2) is 9.48 Å². The third kappa shape index (κ3) is 3.22. The molecule has 1 aliphatic rings. The molecule has 1 aromatic heterocycles. The smallest absolute Gasteiger partial charge is 0.319 e.